The lowest BCUT2D eigenvalue weighted by atomic mass is 10.2. The van der Waals surface area contributed by atoms with Gasteiger partial charge in [-0.05, 0) is 18.8 Å². The Kier molecular flexibility index (Phi) is 3.53. The number of aliphatic hydroxyl groups is 1. The van der Waals surface area contributed by atoms with Crippen LogP contribution in [-0.4, -0.2) is 40.8 Å². The van der Waals surface area contributed by atoms with Crippen molar-refractivity contribution >= 4 is 11.8 Å². The van der Waals surface area contributed by atoms with E-state index in [-0.39, 0.29) is 11.8 Å². The monoisotopic (exact) mass is 237 g/mol. The van der Waals surface area contributed by atoms with Gasteiger partial charge in [-0.2, -0.15) is 0 Å². The Hall–Kier alpha value is -1.69. The molecule has 0 aliphatic heterocycles. The number of anilines is 1. The maximum absolute atomic E-state index is 11.2. The molecule has 6 heteroatoms. The third kappa shape index (κ3) is 3.13. The van der Waals surface area contributed by atoms with Gasteiger partial charge in [0.2, 0.25) is 0 Å². The third-order valence-electron chi connectivity index (χ3n) is 2.69. The SMILES string of the molecule is COC(=O)c1cncc(NCC(O)C2CC2)n1. The fraction of sp³-hybridized carbons (Fsp3) is 0.545. The molecule has 0 amide bonds. The molecule has 1 aliphatic carbocycles. The Bertz CT molecular complexity index is 407. The lowest BCUT2D eigenvalue weighted by molar-refractivity contribution is 0.0593. The molecule has 1 aromatic heterocycles. The fourth-order valence-electron chi connectivity index (χ4n) is 1.51. The Morgan fingerprint density at radius 1 is 1.65 bits per heavy atom. The smallest absolute Gasteiger partial charge is 0.358 e. The highest BCUT2D eigenvalue weighted by Crippen LogP contribution is 2.32. The summed E-state index contributed by atoms with van der Waals surface area (Å²) >= 11 is 0. The van der Waals surface area contributed by atoms with Crippen LogP contribution in [0.5, 0.6) is 0 Å². The number of aromatic nitrogens is 2. The van der Waals surface area contributed by atoms with Gasteiger partial charge in [-0.25, -0.2) is 9.78 Å². The largest absolute Gasteiger partial charge is 0.464 e. The van der Waals surface area contributed by atoms with Crippen molar-refractivity contribution in [3.63, 3.8) is 0 Å². The van der Waals surface area contributed by atoms with Crippen molar-refractivity contribution in [3.05, 3.63) is 18.1 Å². The van der Waals surface area contributed by atoms with Crippen molar-refractivity contribution in [3.8, 4) is 0 Å². The van der Waals surface area contributed by atoms with E-state index in [2.05, 4.69) is 20.0 Å². The van der Waals surface area contributed by atoms with Gasteiger partial charge in [-0.15, -0.1) is 0 Å². The van der Waals surface area contributed by atoms with E-state index in [0.29, 0.717) is 18.3 Å². The predicted molar refractivity (Wildman–Crippen MR) is 60.6 cm³/mol. The summed E-state index contributed by atoms with van der Waals surface area (Å²) in [6.45, 7) is 0.421. The Labute approximate surface area is 99.0 Å². The Morgan fingerprint density at radius 3 is 3.06 bits per heavy atom. The van der Waals surface area contributed by atoms with Crippen molar-refractivity contribution in [2.75, 3.05) is 19.0 Å². The minimum absolute atomic E-state index is 0.151. The maximum atomic E-state index is 11.2. The molecule has 1 aromatic rings. The summed E-state index contributed by atoms with van der Waals surface area (Å²) in [4.78, 5) is 19.1. The topological polar surface area (TPSA) is 84.3 Å². The molecule has 1 atom stereocenters. The van der Waals surface area contributed by atoms with Crippen LogP contribution in [0.3, 0.4) is 0 Å². The number of ether oxygens (including phenoxy) is 1. The van der Waals surface area contributed by atoms with E-state index in [4.69, 9.17) is 0 Å². The molecule has 2 N–H and O–H groups in total. The van der Waals surface area contributed by atoms with Crippen LogP contribution in [0.25, 0.3) is 0 Å². The van der Waals surface area contributed by atoms with E-state index < -0.39 is 5.97 Å². The molecule has 0 saturated heterocycles. The zero-order valence-corrected chi connectivity index (χ0v) is 9.59. The van der Waals surface area contributed by atoms with E-state index >= 15 is 0 Å². The van der Waals surface area contributed by atoms with Crippen LogP contribution in [0.2, 0.25) is 0 Å². The molecule has 0 aromatic carbocycles. The summed E-state index contributed by atoms with van der Waals surface area (Å²) in [5.74, 6) is 0.343. The van der Waals surface area contributed by atoms with Crippen LogP contribution in [-0.2, 0) is 4.74 Å². The summed E-state index contributed by atoms with van der Waals surface area (Å²) in [6.07, 6.45) is 4.65. The summed E-state index contributed by atoms with van der Waals surface area (Å²) in [5.41, 5.74) is 0.151. The first-order valence-corrected chi connectivity index (χ1v) is 5.53. The average Bonchev–Trinajstić information content (AvgIpc) is 3.19. The molecule has 1 unspecified atom stereocenters. The number of methoxy groups -OCH3 is 1. The Balaban J connectivity index is 1.93. The summed E-state index contributed by atoms with van der Waals surface area (Å²) in [5, 5.41) is 12.6. The second-order valence-electron chi connectivity index (χ2n) is 4.07. The fourth-order valence-corrected chi connectivity index (χ4v) is 1.51. The maximum Gasteiger partial charge on any atom is 0.358 e. The molecule has 17 heavy (non-hydrogen) atoms. The van der Waals surface area contributed by atoms with Crippen LogP contribution < -0.4 is 5.32 Å². The van der Waals surface area contributed by atoms with Gasteiger partial charge in [-0.1, -0.05) is 0 Å². The molecule has 0 spiro atoms. The standard InChI is InChI=1S/C11H15N3O3/c1-17-11(16)8-4-12-6-10(14-8)13-5-9(15)7-2-3-7/h4,6-7,9,15H,2-3,5H2,1H3,(H,13,14). The van der Waals surface area contributed by atoms with Crippen LogP contribution in [0.15, 0.2) is 12.4 Å². The summed E-state index contributed by atoms with van der Waals surface area (Å²) in [6, 6.07) is 0. The molecule has 2 rings (SSSR count). The van der Waals surface area contributed by atoms with E-state index in [1.807, 2.05) is 0 Å². The van der Waals surface area contributed by atoms with E-state index in [1.165, 1.54) is 19.5 Å². The van der Waals surface area contributed by atoms with Gasteiger partial charge in [0.15, 0.2) is 5.69 Å². The molecule has 1 heterocycles. The van der Waals surface area contributed by atoms with Crippen molar-refractivity contribution in [1.29, 1.82) is 0 Å². The lowest BCUT2D eigenvalue weighted by Crippen LogP contribution is -2.22. The number of nitrogens with zero attached hydrogens (tertiary/aromatic N) is 2. The first-order chi connectivity index (χ1) is 8.20. The minimum Gasteiger partial charge on any atom is -0.464 e. The molecule has 6 nitrogen and oxygen atoms in total. The highest BCUT2D eigenvalue weighted by atomic mass is 16.5. The molecule has 92 valence electrons. The van der Waals surface area contributed by atoms with Crippen LogP contribution in [0.1, 0.15) is 23.3 Å². The normalized spacial score (nSPS) is 16.4. The highest BCUT2D eigenvalue weighted by Gasteiger charge is 2.29. The number of hydrogen-bond donors (Lipinski definition) is 2. The van der Waals surface area contributed by atoms with Crippen molar-refractivity contribution in [1.82, 2.24) is 9.97 Å². The summed E-state index contributed by atoms with van der Waals surface area (Å²) < 4.78 is 4.55. The highest BCUT2D eigenvalue weighted by molar-refractivity contribution is 5.87. The number of aliphatic hydroxyl groups excluding tert-OH is 1. The molecule has 1 aliphatic rings. The van der Waals surface area contributed by atoms with E-state index in [1.54, 1.807) is 0 Å². The zero-order valence-electron chi connectivity index (χ0n) is 9.59. The number of carbonyl (C=O) groups is 1. The predicted octanol–water partition coefficient (Wildman–Crippen LogP) is 0.446. The van der Waals surface area contributed by atoms with E-state index in [9.17, 15) is 9.90 Å². The average molecular weight is 237 g/mol. The first-order valence-electron chi connectivity index (χ1n) is 5.53. The molecule has 1 saturated carbocycles. The van der Waals surface area contributed by atoms with Crippen molar-refractivity contribution < 1.29 is 14.6 Å². The second-order valence-corrected chi connectivity index (χ2v) is 4.07. The molecule has 0 radical (unpaired) electrons. The number of rotatable bonds is 5. The van der Waals surface area contributed by atoms with Crippen LogP contribution in [0, 0.1) is 5.92 Å². The van der Waals surface area contributed by atoms with Gasteiger partial charge >= 0.3 is 5.97 Å². The van der Waals surface area contributed by atoms with Gasteiger partial charge in [0, 0.05) is 6.54 Å². The summed E-state index contributed by atoms with van der Waals surface area (Å²) in [7, 11) is 1.29. The van der Waals surface area contributed by atoms with Gasteiger partial charge in [-0.3, -0.25) is 4.98 Å². The molecule has 1 fully saturated rings. The lowest BCUT2D eigenvalue weighted by Gasteiger charge is -2.11. The van der Waals surface area contributed by atoms with E-state index in [0.717, 1.165) is 12.8 Å². The van der Waals surface area contributed by atoms with Gasteiger partial charge in [0.25, 0.3) is 0 Å². The van der Waals surface area contributed by atoms with Crippen molar-refractivity contribution in [2.45, 2.75) is 18.9 Å². The van der Waals surface area contributed by atoms with Gasteiger partial charge in [0.05, 0.1) is 25.6 Å². The molecule has 0 bridgehead atoms. The minimum atomic E-state index is -0.524. The number of carbonyl (C=O) groups excluding carboxylic acids is 1. The van der Waals surface area contributed by atoms with Crippen molar-refractivity contribution in [2.24, 2.45) is 5.92 Å². The van der Waals surface area contributed by atoms with Crippen LogP contribution >= 0.6 is 0 Å². The number of esters is 1. The first kappa shape index (κ1) is 11.8. The van der Waals surface area contributed by atoms with Gasteiger partial charge in [0.1, 0.15) is 5.82 Å². The Morgan fingerprint density at radius 2 is 2.41 bits per heavy atom. The third-order valence-corrected chi connectivity index (χ3v) is 2.69. The van der Waals surface area contributed by atoms with Gasteiger partial charge < -0.3 is 15.2 Å². The second kappa shape index (κ2) is 5.09. The number of nitrogens with one attached hydrogen (secondary N) is 1. The zero-order chi connectivity index (χ0) is 12.3. The quantitative estimate of drug-likeness (QED) is 0.723. The molecular formula is C11H15N3O3. The van der Waals surface area contributed by atoms with Crippen LogP contribution in [0.4, 0.5) is 5.82 Å². The molecular weight excluding hydrogens is 222 g/mol. The number of hydrogen-bond acceptors (Lipinski definition) is 6.